The molecule has 1 aliphatic carbocycles. The number of halogens is 2. The van der Waals surface area contributed by atoms with Gasteiger partial charge in [-0.25, -0.2) is 14.3 Å². The van der Waals surface area contributed by atoms with E-state index in [0.29, 0.717) is 24.8 Å². The van der Waals surface area contributed by atoms with Gasteiger partial charge in [-0.1, -0.05) is 11.8 Å². The third kappa shape index (κ3) is 6.61. The monoisotopic (exact) mass is 432 g/mol. The van der Waals surface area contributed by atoms with Gasteiger partial charge < -0.3 is 15.2 Å². The number of Topliss-reactive ketones (excluding diaryl/α,β-unsaturated/α-hetero) is 1. The van der Waals surface area contributed by atoms with Crippen molar-refractivity contribution >= 4 is 17.6 Å². The van der Waals surface area contributed by atoms with Crippen molar-refractivity contribution in [3.8, 4) is 23.7 Å². The Balaban J connectivity index is 2.01. The average Bonchev–Trinajstić information content (AvgIpc) is 3.45. The number of hydroxylamine groups is 1. The minimum atomic E-state index is -3.36. The average molecular weight is 432 g/mol. The van der Waals surface area contributed by atoms with Gasteiger partial charge in [0.15, 0.2) is 5.60 Å². The minimum absolute atomic E-state index is 0.0301. The zero-order valence-corrected chi connectivity index (χ0v) is 16.9. The number of alkyl halides is 2. The number of hydrogen-bond acceptors (Lipinski definition) is 5. The van der Waals surface area contributed by atoms with E-state index in [-0.39, 0.29) is 17.3 Å². The predicted molar refractivity (Wildman–Crippen MR) is 106 cm³/mol. The Morgan fingerprint density at radius 2 is 1.87 bits per heavy atom. The molecule has 4 unspecified atom stereocenters. The van der Waals surface area contributed by atoms with E-state index in [1.54, 1.807) is 6.92 Å². The second-order valence-electron chi connectivity index (χ2n) is 7.51. The van der Waals surface area contributed by atoms with Crippen LogP contribution < -0.4 is 10.8 Å². The van der Waals surface area contributed by atoms with Crippen LogP contribution in [0.4, 0.5) is 8.78 Å². The molecule has 0 spiro atoms. The van der Waals surface area contributed by atoms with Gasteiger partial charge in [-0.15, -0.1) is 0 Å². The largest absolute Gasteiger partial charge is 0.381 e. The number of carbonyl (C=O) groups excluding carboxylic acids is 3. The Labute approximate surface area is 178 Å². The summed E-state index contributed by atoms with van der Waals surface area (Å²) in [7, 11) is 0. The van der Waals surface area contributed by atoms with Crippen LogP contribution in [-0.4, -0.2) is 46.0 Å². The van der Waals surface area contributed by atoms with Crippen LogP contribution in [0.1, 0.15) is 42.6 Å². The van der Waals surface area contributed by atoms with Crippen molar-refractivity contribution in [3.05, 3.63) is 35.4 Å². The van der Waals surface area contributed by atoms with Crippen LogP contribution in [0.15, 0.2) is 24.3 Å². The summed E-state index contributed by atoms with van der Waals surface area (Å²) in [4.78, 5) is 35.0. The number of ketones is 1. The maximum absolute atomic E-state index is 13.0. The summed E-state index contributed by atoms with van der Waals surface area (Å²) in [6.45, 7) is 2.22. The van der Waals surface area contributed by atoms with Crippen LogP contribution in [0.25, 0.3) is 0 Å². The first-order chi connectivity index (χ1) is 14.6. The molecule has 2 amide bonds. The van der Waals surface area contributed by atoms with Crippen LogP contribution in [0.5, 0.6) is 0 Å². The number of amides is 2. The van der Waals surface area contributed by atoms with Gasteiger partial charge in [0.2, 0.25) is 0 Å². The van der Waals surface area contributed by atoms with Gasteiger partial charge in [0.25, 0.3) is 18.2 Å². The van der Waals surface area contributed by atoms with Gasteiger partial charge in [0, 0.05) is 23.5 Å². The molecule has 0 radical (unpaired) electrons. The number of carbonyl (C=O) groups is 3. The molecular weight excluding hydrogens is 410 g/mol. The van der Waals surface area contributed by atoms with Crippen molar-refractivity contribution in [1.82, 2.24) is 10.8 Å². The van der Waals surface area contributed by atoms with E-state index in [2.05, 4.69) is 23.7 Å². The van der Waals surface area contributed by atoms with Gasteiger partial charge >= 0.3 is 0 Å². The molecule has 1 aliphatic rings. The van der Waals surface area contributed by atoms with Crippen molar-refractivity contribution in [2.24, 2.45) is 11.8 Å². The quantitative estimate of drug-likeness (QED) is 0.294. The van der Waals surface area contributed by atoms with Crippen LogP contribution in [-0.2, 0) is 9.59 Å². The SMILES string of the molecule is CC(=O)CC1CC1C#CC#Cc1ccc(C(=O)NC(C(=O)NO)C(C)(O)C(F)F)cc1. The summed E-state index contributed by atoms with van der Waals surface area (Å²) in [6.07, 6.45) is -1.93. The first kappa shape index (κ1) is 24.0. The zero-order chi connectivity index (χ0) is 23.2. The molecule has 0 aliphatic heterocycles. The fraction of sp³-hybridized carbons (Fsp3) is 0.409. The predicted octanol–water partition coefficient (Wildman–Crippen LogP) is 1.28. The van der Waals surface area contributed by atoms with E-state index in [9.17, 15) is 28.3 Å². The molecule has 1 aromatic carbocycles. The summed E-state index contributed by atoms with van der Waals surface area (Å²) in [5, 5.41) is 20.5. The van der Waals surface area contributed by atoms with Gasteiger partial charge in [-0.3, -0.25) is 14.8 Å². The topological polar surface area (TPSA) is 116 Å². The van der Waals surface area contributed by atoms with Gasteiger partial charge in [-0.2, -0.15) is 0 Å². The summed E-state index contributed by atoms with van der Waals surface area (Å²) in [5.41, 5.74) is -1.18. The van der Waals surface area contributed by atoms with Crippen molar-refractivity contribution in [3.63, 3.8) is 0 Å². The molecule has 0 heterocycles. The minimum Gasteiger partial charge on any atom is -0.381 e. The molecule has 4 N–H and O–H groups in total. The van der Waals surface area contributed by atoms with Crippen molar-refractivity contribution < 1.29 is 33.5 Å². The standard InChI is InChI=1S/C22H22F2N2O5/c1-13(27)11-17-12-16(17)6-4-3-5-14-7-9-15(10-8-14)19(28)25-18(20(29)26-31)22(2,30)21(23)24/h7-10,16-18,21,30-31H,11-12H2,1-2H3,(H,25,28)(H,26,29). The molecule has 1 fully saturated rings. The molecule has 7 nitrogen and oxygen atoms in total. The number of benzene rings is 1. The molecular formula is C22H22F2N2O5. The fourth-order valence-corrected chi connectivity index (χ4v) is 2.84. The zero-order valence-electron chi connectivity index (χ0n) is 16.9. The highest BCUT2D eigenvalue weighted by Crippen LogP contribution is 2.40. The van der Waals surface area contributed by atoms with Crippen LogP contribution >= 0.6 is 0 Å². The Morgan fingerprint density at radius 1 is 1.23 bits per heavy atom. The molecule has 4 atom stereocenters. The Kier molecular flexibility index (Phi) is 7.87. The van der Waals surface area contributed by atoms with Crippen molar-refractivity contribution in [1.29, 1.82) is 0 Å². The highest BCUT2D eigenvalue weighted by atomic mass is 19.3. The van der Waals surface area contributed by atoms with E-state index in [0.717, 1.165) is 11.9 Å². The smallest absolute Gasteiger partial charge is 0.269 e. The van der Waals surface area contributed by atoms with E-state index in [1.807, 2.05) is 5.32 Å². The second-order valence-corrected chi connectivity index (χ2v) is 7.51. The van der Waals surface area contributed by atoms with E-state index < -0.39 is 29.9 Å². The Bertz CT molecular complexity index is 968. The van der Waals surface area contributed by atoms with E-state index in [1.165, 1.54) is 24.3 Å². The maximum atomic E-state index is 13.0. The number of rotatable bonds is 7. The Morgan fingerprint density at radius 3 is 2.42 bits per heavy atom. The molecule has 164 valence electrons. The molecule has 0 aromatic heterocycles. The van der Waals surface area contributed by atoms with Crippen molar-refractivity contribution in [2.75, 3.05) is 0 Å². The highest BCUT2D eigenvalue weighted by Gasteiger charge is 2.46. The number of aliphatic hydroxyl groups is 1. The normalized spacial score (nSPS) is 19.6. The number of nitrogens with one attached hydrogen (secondary N) is 2. The lowest BCUT2D eigenvalue weighted by Crippen LogP contribution is -2.61. The third-order valence-corrected chi connectivity index (χ3v) is 4.82. The molecule has 0 bridgehead atoms. The van der Waals surface area contributed by atoms with E-state index >= 15 is 0 Å². The van der Waals surface area contributed by atoms with Crippen molar-refractivity contribution in [2.45, 2.75) is 44.8 Å². The lowest BCUT2D eigenvalue weighted by molar-refractivity contribution is -0.149. The van der Waals surface area contributed by atoms with Crippen LogP contribution in [0, 0.1) is 35.5 Å². The molecule has 31 heavy (non-hydrogen) atoms. The summed E-state index contributed by atoms with van der Waals surface area (Å²) < 4.78 is 26.1. The molecule has 1 aromatic rings. The molecule has 9 heteroatoms. The first-order valence-electron chi connectivity index (χ1n) is 9.42. The van der Waals surface area contributed by atoms with Gasteiger partial charge in [-0.05, 0) is 62.3 Å². The fourth-order valence-electron chi connectivity index (χ4n) is 2.84. The van der Waals surface area contributed by atoms with Gasteiger partial charge in [0.1, 0.15) is 11.8 Å². The van der Waals surface area contributed by atoms with Crippen LogP contribution in [0.3, 0.4) is 0 Å². The maximum Gasteiger partial charge on any atom is 0.269 e. The van der Waals surface area contributed by atoms with E-state index in [4.69, 9.17) is 5.21 Å². The lowest BCUT2D eigenvalue weighted by Gasteiger charge is -2.30. The lowest BCUT2D eigenvalue weighted by atomic mass is 9.95. The van der Waals surface area contributed by atoms with Gasteiger partial charge in [0.05, 0.1) is 0 Å². The van der Waals surface area contributed by atoms with Crippen LogP contribution in [0.2, 0.25) is 0 Å². The first-order valence-corrected chi connectivity index (χ1v) is 9.42. The highest BCUT2D eigenvalue weighted by molar-refractivity contribution is 5.97. The summed E-state index contributed by atoms with van der Waals surface area (Å²) >= 11 is 0. The Hall–Kier alpha value is -3.27. The molecule has 1 saturated carbocycles. The molecule has 0 saturated heterocycles. The molecule has 2 rings (SSSR count). The third-order valence-electron chi connectivity index (χ3n) is 4.82. The summed E-state index contributed by atoms with van der Waals surface area (Å²) in [5.74, 6) is 9.57. The summed E-state index contributed by atoms with van der Waals surface area (Å²) in [6, 6.07) is 3.65. The number of hydrogen-bond donors (Lipinski definition) is 4. The second kappa shape index (κ2) is 10.2.